The summed E-state index contributed by atoms with van der Waals surface area (Å²) in [7, 11) is 0. The summed E-state index contributed by atoms with van der Waals surface area (Å²) in [5.74, 6) is 0.379. The summed E-state index contributed by atoms with van der Waals surface area (Å²) >= 11 is 0. The van der Waals surface area contributed by atoms with E-state index in [0.29, 0.717) is 5.92 Å². The van der Waals surface area contributed by atoms with Gasteiger partial charge >= 0.3 is 0 Å². The molecule has 0 aromatic heterocycles. The van der Waals surface area contributed by atoms with Gasteiger partial charge in [-0.1, -0.05) is 6.07 Å². The van der Waals surface area contributed by atoms with Crippen molar-refractivity contribution in [3.63, 3.8) is 0 Å². The van der Waals surface area contributed by atoms with E-state index < -0.39 is 0 Å². The fourth-order valence-corrected chi connectivity index (χ4v) is 2.82. The zero-order valence-corrected chi connectivity index (χ0v) is 11.3. The smallest absolute Gasteiger partial charge is 0.0482 e. The largest absolute Gasteiger partial charge is 0.396 e. The van der Waals surface area contributed by atoms with E-state index >= 15 is 0 Å². The lowest BCUT2D eigenvalue weighted by molar-refractivity contribution is 0.189. The van der Waals surface area contributed by atoms with Crippen LogP contribution < -0.4 is 4.90 Å². The van der Waals surface area contributed by atoms with E-state index in [1.807, 2.05) is 0 Å². The van der Waals surface area contributed by atoms with Crippen molar-refractivity contribution in [2.24, 2.45) is 5.92 Å². The molecular weight excluding hydrogens is 210 g/mol. The number of hydrogen-bond acceptors (Lipinski definition) is 2. The maximum Gasteiger partial charge on any atom is 0.0482 e. The molecule has 1 aliphatic heterocycles. The lowest BCUT2D eigenvalue weighted by atomic mass is 9.89. The highest BCUT2D eigenvalue weighted by molar-refractivity contribution is 5.53. The van der Waals surface area contributed by atoms with Crippen LogP contribution in [0.4, 0.5) is 5.69 Å². The van der Waals surface area contributed by atoms with Gasteiger partial charge in [0.1, 0.15) is 0 Å². The quantitative estimate of drug-likeness (QED) is 0.849. The minimum atomic E-state index is 0.0520. The fourth-order valence-electron chi connectivity index (χ4n) is 2.82. The van der Waals surface area contributed by atoms with Crippen molar-refractivity contribution >= 4 is 5.69 Å². The van der Waals surface area contributed by atoms with Crippen LogP contribution in [0.15, 0.2) is 18.2 Å². The van der Waals surface area contributed by atoms with Crippen LogP contribution in [-0.4, -0.2) is 23.8 Å². The Balaban J connectivity index is 2.32. The molecule has 1 saturated heterocycles. The van der Waals surface area contributed by atoms with Crippen molar-refractivity contribution < 1.29 is 5.11 Å². The van der Waals surface area contributed by atoms with Gasteiger partial charge in [-0.25, -0.2) is 0 Å². The van der Waals surface area contributed by atoms with Crippen LogP contribution >= 0.6 is 0 Å². The van der Waals surface area contributed by atoms with Gasteiger partial charge in [-0.05, 0) is 57.4 Å². The van der Waals surface area contributed by atoms with Crippen LogP contribution in [0.1, 0.15) is 31.4 Å². The minimum absolute atomic E-state index is 0.0520. The van der Waals surface area contributed by atoms with Crippen LogP contribution in [-0.2, 0) is 0 Å². The third-order valence-corrected chi connectivity index (χ3v) is 4.42. The fraction of sp³-hybridized carbons (Fsp3) is 0.600. The normalized spacial score (nSPS) is 23.1. The molecule has 1 aromatic rings. The first-order chi connectivity index (χ1) is 7.96. The number of rotatable bonds is 2. The summed E-state index contributed by atoms with van der Waals surface area (Å²) in [6.07, 6.45) is 1.08. The molecule has 0 bridgehead atoms. The van der Waals surface area contributed by atoms with Gasteiger partial charge in [-0.15, -0.1) is 0 Å². The van der Waals surface area contributed by atoms with Crippen molar-refractivity contribution in [2.75, 3.05) is 18.1 Å². The maximum atomic E-state index is 9.44. The standard InChI is InChI=1S/C15H23NO/c1-11-5-6-14(9-12(11)2)16-8-7-13(10-17)15(16,3)4/h5-6,9,13,17H,7-8,10H2,1-4H3. The minimum Gasteiger partial charge on any atom is -0.396 e. The van der Waals surface area contributed by atoms with E-state index in [2.05, 4.69) is 50.8 Å². The Labute approximate surface area is 104 Å². The number of nitrogens with zero attached hydrogens (tertiary/aromatic N) is 1. The zero-order chi connectivity index (χ0) is 12.6. The first-order valence-electron chi connectivity index (χ1n) is 6.42. The Morgan fingerprint density at radius 2 is 2.00 bits per heavy atom. The molecule has 1 unspecified atom stereocenters. The van der Waals surface area contributed by atoms with Crippen molar-refractivity contribution in [3.05, 3.63) is 29.3 Å². The molecule has 2 heteroatoms. The number of hydrogen-bond donors (Lipinski definition) is 1. The Morgan fingerprint density at radius 1 is 1.29 bits per heavy atom. The topological polar surface area (TPSA) is 23.5 Å². The first kappa shape index (κ1) is 12.4. The molecule has 2 nitrogen and oxygen atoms in total. The second-order valence-corrected chi connectivity index (χ2v) is 5.74. The predicted octanol–water partition coefficient (Wildman–Crippen LogP) is 2.90. The Hall–Kier alpha value is -1.02. The molecule has 0 radical (unpaired) electrons. The summed E-state index contributed by atoms with van der Waals surface area (Å²) in [5, 5.41) is 9.44. The van der Waals surface area contributed by atoms with Crippen molar-refractivity contribution in [1.82, 2.24) is 0 Å². The summed E-state index contributed by atoms with van der Waals surface area (Å²) in [6, 6.07) is 6.65. The van der Waals surface area contributed by atoms with Gasteiger partial charge in [0, 0.05) is 30.3 Å². The predicted molar refractivity (Wildman–Crippen MR) is 72.5 cm³/mol. The van der Waals surface area contributed by atoms with Gasteiger partial charge in [0.25, 0.3) is 0 Å². The lowest BCUT2D eigenvalue weighted by Crippen LogP contribution is -2.43. The molecule has 1 fully saturated rings. The van der Waals surface area contributed by atoms with Crippen LogP contribution in [0.3, 0.4) is 0 Å². The second kappa shape index (κ2) is 4.34. The zero-order valence-electron chi connectivity index (χ0n) is 11.3. The van der Waals surface area contributed by atoms with Crippen molar-refractivity contribution in [2.45, 2.75) is 39.7 Å². The molecule has 2 rings (SSSR count). The highest BCUT2D eigenvalue weighted by atomic mass is 16.3. The van der Waals surface area contributed by atoms with E-state index in [1.54, 1.807) is 0 Å². The van der Waals surface area contributed by atoms with Gasteiger partial charge in [0.15, 0.2) is 0 Å². The highest BCUT2D eigenvalue weighted by Crippen LogP contribution is 2.38. The molecule has 1 aliphatic rings. The van der Waals surface area contributed by atoms with E-state index in [4.69, 9.17) is 0 Å². The molecule has 0 saturated carbocycles. The van der Waals surface area contributed by atoms with Crippen LogP contribution in [0.2, 0.25) is 0 Å². The summed E-state index contributed by atoms with van der Waals surface area (Å²) < 4.78 is 0. The molecule has 1 N–H and O–H groups in total. The maximum absolute atomic E-state index is 9.44. The number of aliphatic hydroxyl groups excluding tert-OH is 1. The Morgan fingerprint density at radius 3 is 2.53 bits per heavy atom. The average Bonchev–Trinajstić information content (AvgIpc) is 2.57. The van der Waals surface area contributed by atoms with E-state index in [-0.39, 0.29) is 12.1 Å². The SMILES string of the molecule is Cc1ccc(N2CCC(CO)C2(C)C)cc1C. The lowest BCUT2D eigenvalue weighted by Gasteiger charge is -2.37. The molecule has 17 heavy (non-hydrogen) atoms. The third-order valence-electron chi connectivity index (χ3n) is 4.42. The molecule has 1 atom stereocenters. The van der Waals surface area contributed by atoms with Crippen molar-refractivity contribution in [3.8, 4) is 0 Å². The monoisotopic (exact) mass is 233 g/mol. The number of anilines is 1. The summed E-state index contributed by atoms with van der Waals surface area (Å²) in [5.41, 5.74) is 4.01. The van der Waals surface area contributed by atoms with E-state index in [1.165, 1.54) is 16.8 Å². The van der Waals surface area contributed by atoms with Crippen LogP contribution in [0, 0.1) is 19.8 Å². The van der Waals surface area contributed by atoms with Crippen LogP contribution in [0.5, 0.6) is 0 Å². The highest BCUT2D eigenvalue weighted by Gasteiger charge is 2.40. The molecule has 1 heterocycles. The molecule has 0 amide bonds. The number of aryl methyl sites for hydroxylation is 2. The van der Waals surface area contributed by atoms with Crippen molar-refractivity contribution in [1.29, 1.82) is 0 Å². The molecule has 94 valence electrons. The second-order valence-electron chi connectivity index (χ2n) is 5.74. The van der Waals surface area contributed by atoms with Gasteiger partial charge in [-0.3, -0.25) is 0 Å². The Kier molecular flexibility index (Phi) is 3.17. The number of benzene rings is 1. The molecule has 1 aromatic carbocycles. The summed E-state index contributed by atoms with van der Waals surface area (Å²) in [4.78, 5) is 2.43. The van der Waals surface area contributed by atoms with E-state index in [9.17, 15) is 5.11 Å². The molecular formula is C15H23NO. The average molecular weight is 233 g/mol. The molecule has 0 spiro atoms. The van der Waals surface area contributed by atoms with Gasteiger partial charge in [0.2, 0.25) is 0 Å². The third kappa shape index (κ3) is 2.06. The van der Waals surface area contributed by atoms with Crippen LogP contribution in [0.25, 0.3) is 0 Å². The summed E-state index contributed by atoms with van der Waals surface area (Å²) in [6.45, 7) is 10.1. The van der Waals surface area contributed by atoms with Gasteiger partial charge in [0.05, 0.1) is 0 Å². The Bertz CT molecular complexity index is 411. The van der Waals surface area contributed by atoms with Gasteiger partial charge < -0.3 is 10.0 Å². The molecule has 0 aliphatic carbocycles. The number of aliphatic hydroxyl groups is 1. The first-order valence-corrected chi connectivity index (χ1v) is 6.42. The van der Waals surface area contributed by atoms with E-state index in [0.717, 1.165) is 13.0 Å². The van der Waals surface area contributed by atoms with Gasteiger partial charge in [-0.2, -0.15) is 0 Å².